The van der Waals surface area contributed by atoms with Crippen LogP contribution in [0.2, 0.25) is 0 Å². The van der Waals surface area contributed by atoms with E-state index < -0.39 is 0 Å². The molecule has 7 nitrogen and oxygen atoms in total. The van der Waals surface area contributed by atoms with Gasteiger partial charge in [0.1, 0.15) is 0 Å². The highest BCUT2D eigenvalue weighted by Gasteiger charge is 2.14. The SMILES string of the molecule is C=N/C(=C\C(=N/CC1=CC=CNC1)c1cc(-c2cccnc2)cc(-c2cccnc2)c1)c1cc(-c2cccnc2)cc(-c2cccnc2)c1. The number of aliphatic imine (C=N–C) groups is 2. The first kappa shape index (κ1) is 31.0. The van der Waals surface area contributed by atoms with Crippen molar-refractivity contribution < 1.29 is 0 Å². The molecule has 0 fully saturated rings. The van der Waals surface area contributed by atoms with Gasteiger partial charge in [-0.15, -0.1) is 0 Å². The second kappa shape index (κ2) is 14.9. The molecule has 4 aromatic heterocycles. The number of allylic oxidation sites excluding steroid dienone is 3. The van der Waals surface area contributed by atoms with Crippen LogP contribution >= 0.6 is 0 Å². The summed E-state index contributed by atoms with van der Waals surface area (Å²) in [5.41, 5.74) is 12.6. The number of hydrogen-bond acceptors (Lipinski definition) is 7. The predicted octanol–water partition coefficient (Wildman–Crippen LogP) is 8.51. The van der Waals surface area contributed by atoms with E-state index in [0.29, 0.717) is 12.2 Å². The van der Waals surface area contributed by atoms with Crippen LogP contribution in [0.5, 0.6) is 0 Å². The maximum atomic E-state index is 5.22. The van der Waals surface area contributed by atoms with E-state index >= 15 is 0 Å². The predicted molar refractivity (Wildman–Crippen MR) is 200 cm³/mol. The zero-order chi connectivity index (χ0) is 33.3. The number of hydrogen-bond donors (Lipinski definition) is 1. The maximum Gasteiger partial charge on any atom is 0.0716 e. The lowest BCUT2D eigenvalue weighted by Crippen LogP contribution is -2.15. The number of aromatic nitrogens is 4. The van der Waals surface area contributed by atoms with E-state index in [4.69, 9.17) is 4.99 Å². The molecule has 0 spiro atoms. The van der Waals surface area contributed by atoms with Crippen LogP contribution in [-0.4, -0.2) is 45.5 Å². The van der Waals surface area contributed by atoms with Crippen LogP contribution in [0.1, 0.15) is 11.1 Å². The van der Waals surface area contributed by atoms with Crippen molar-refractivity contribution in [1.29, 1.82) is 0 Å². The van der Waals surface area contributed by atoms with E-state index in [1.807, 2.05) is 67.4 Å². The van der Waals surface area contributed by atoms with Crippen LogP contribution in [0.3, 0.4) is 0 Å². The van der Waals surface area contributed by atoms with Crippen LogP contribution in [-0.2, 0) is 0 Å². The molecular weight excluding hydrogens is 603 g/mol. The normalized spacial score (nSPS) is 13.0. The second-order valence-corrected chi connectivity index (χ2v) is 11.5. The summed E-state index contributed by atoms with van der Waals surface area (Å²) in [6, 6.07) is 28.9. The minimum absolute atomic E-state index is 0.517. The molecule has 0 unspecified atom stereocenters. The first-order valence-corrected chi connectivity index (χ1v) is 16.0. The topological polar surface area (TPSA) is 88.3 Å². The highest BCUT2D eigenvalue weighted by atomic mass is 14.9. The lowest BCUT2D eigenvalue weighted by atomic mass is 9.93. The van der Waals surface area contributed by atoms with Gasteiger partial charge in [0, 0.05) is 89.5 Å². The molecule has 0 saturated carbocycles. The largest absolute Gasteiger partial charge is 0.387 e. The third-order valence-corrected chi connectivity index (χ3v) is 8.21. The zero-order valence-electron chi connectivity index (χ0n) is 26.8. The van der Waals surface area contributed by atoms with Gasteiger partial charge in [-0.25, -0.2) is 0 Å². The Labute approximate surface area is 286 Å². The lowest BCUT2D eigenvalue weighted by molar-refractivity contribution is 0.890. The summed E-state index contributed by atoms with van der Waals surface area (Å²) in [4.78, 5) is 27.4. The molecule has 1 aliphatic heterocycles. The molecule has 49 heavy (non-hydrogen) atoms. The molecule has 1 N–H and O–H groups in total. The van der Waals surface area contributed by atoms with Crippen LogP contribution in [0.15, 0.2) is 174 Å². The number of rotatable bonds is 10. The van der Waals surface area contributed by atoms with Gasteiger partial charge in [0.2, 0.25) is 0 Å². The monoisotopic (exact) mass is 635 g/mol. The Balaban J connectivity index is 1.41. The number of nitrogens with one attached hydrogen (secondary N) is 1. The molecular formula is C42H33N7. The number of benzene rings is 2. The van der Waals surface area contributed by atoms with E-state index in [2.05, 4.69) is 104 Å². The van der Waals surface area contributed by atoms with Crippen molar-refractivity contribution in [2.75, 3.05) is 13.1 Å². The molecule has 7 heteroatoms. The van der Waals surface area contributed by atoms with E-state index in [1.54, 1.807) is 24.8 Å². The first-order chi connectivity index (χ1) is 24.2. The van der Waals surface area contributed by atoms with Crippen LogP contribution in [0.25, 0.3) is 50.2 Å². The van der Waals surface area contributed by atoms with Crippen molar-refractivity contribution >= 4 is 18.1 Å². The second-order valence-electron chi connectivity index (χ2n) is 11.5. The molecule has 2 aromatic carbocycles. The van der Waals surface area contributed by atoms with E-state index in [0.717, 1.165) is 67.9 Å². The smallest absolute Gasteiger partial charge is 0.0716 e. The highest BCUT2D eigenvalue weighted by molar-refractivity contribution is 6.13. The fourth-order valence-corrected chi connectivity index (χ4v) is 5.72. The molecule has 7 rings (SSSR count). The lowest BCUT2D eigenvalue weighted by Gasteiger charge is -2.14. The van der Waals surface area contributed by atoms with Crippen LogP contribution in [0, 0.1) is 0 Å². The van der Waals surface area contributed by atoms with Crippen molar-refractivity contribution in [3.8, 4) is 44.5 Å². The average molecular weight is 636 g/mol. The summed E-state index contributed by atoms with van der Waals surface area (Å²) < 4.78 is 0. The van der Waals surface area contributed by atoms with Crippen molar-refractivity contribution in [2.24, 2.45) is 9.98 Å². The average Bonchev–Trinajstić information content (AvgIpc) is 3.19. The standard InChI is InChI=1S/C42H33N7/c1-43-41(39-19-35(31-8-3-13-45-26-31)17-36(20-39)32-9-4-14-46-27-32)23-42(49-25-30-7-2-12-44-24-30)40-21-37(33-10-5-15-47-28-33)18-38(22-40)34-11-6-16-48-29-34/h2-23,26-29,44H,1,24-25H2/b41-23-,49-42+. The Hall–Kier alpha value is -6.60. The van der Waals surface area contributed by atoms with Crippen LogP contribution in [0.4, 0.5) is 0 Å². The Morgan fingerprint density at radius 2 is 1.10 bits per heavy atom. The Bertz CT molecular complexity index is 2070. The third kappa shape index (κ3) is 7.53. The molecule has 0 atom stereocenters. The van der Waals surface area contributed by atoms with Gasteiger partial charge in [0.15, 0.2) is 0 Å². The van der Waals surface area contributed by atoms with Crippen molar-refractivity contribution in [3.05, 3.63) is 176 Å². The minimum Gasteiger partial charge on any atom is -0.387 e. The van der Waals surface area contributed by atoms with Gasteiger partial charge in [-0.05, 0) is 114 Å². The molecule has 0 saturated heterocycles. The molecule has 0 radical (unpaired) electrons. The molecule has 6 aromatic rings. The Morgan fingerprint density at radius 1 is 0.633 bits per heavy atom. The highest BCUT2D eigenvalue weighted by Crippen LogP contribution is 2.33. The summed E-state index contributed by atoms with van der Waals surface area (Å²) >= 11 is 0. The Kier molecular flexibility index (Phi) is 9.42. The minimum atomic E-state index is 0.517. The van der Waals surface area contributed by atoms with Gasteiger partial charge < -0.3 is 5.32 Å². The van der Waals surface area contributed by atoms with Crippen LogP contribution < -0.4 is 5.32 Å². The number of nitrogens with zero attached hydrogens (tertiary/aromatic N) is 6. The van der Waals surface area contributed by atoms with Gasteiger partial charge in [-0.2, -0.15) is 0 Å². The van der Waals surface area contributed by atoms with Gasteiger partial charge in [-0.3, -0.25) is 29.9 Å². The van der Waals surface area contributed by atoms with E-state index in [1.165, 1.54) is 5.57 Å². The van der Waals surface area contributed by atoms with E-state index in [-0.39, 0.29) is 0 Å². The molecule has 0 aliphatic carbocycles. The first-order valence-electron chi connectivity index (χ1n) is 16.0. The maximum absolute atomic E-state index is 5.22. The quantitative estimate of drug-likeness (QED) is 0.153. The summed E-state index contributed by atoms with van der Waals surface area (Å²) in [6.07, 6.45) is 22.7. The van der Waals surface area contributed by atoms with Gasteiger partial charge in [0.25, 0.3) is 0 Å². The van der Waals surface area contributed by atoms with Gasteiger partial charge >= 0.3 is 0 Å². The van der Waals surface area contributed by atoms with Gasteiger partial charge in [-0.1, -0.05) is 30.3 Å². The number of dihydropyridines is 1. The fraction of sp³-hybridized carbons (Fsp3) is 0.0476. The summed E-state index contributed by atoms with van der Waals surface area (Å²) in [7, 11) is 0. The summed E-state index contributed by atoms with van der Waals surface area (Å²) in [5.74, 6) is 0. The number of pyridine rings is 4. The zero-order valence-corrected chi connectivity index (χ0v) is 26.8. The summed E-state index contributed by atoms with van der Waals surface area (Å²) in [6.45, 7) is 5.28. The molecule has 236 valence electrons. The molecule has 0 bridgehead atoms. The Morgan fingerprint density at radius 3 is 1.49 bits per heavy atom. The van der Waals surface area contributed by atoms with Crippen molar-refractivity contribution in [2.45, 2.75) is 0 Å². The van der Waals surface area contributed by atoms with Crippen molar-refractivity contribution in [1.82, 2.24) is 25.3 Å². The van der Waals surface area contributed by atoms with E-state index in [9.17, 15) is 0 Å². The fourth-order valence-electron chi connectivity index (χ4n) is 5.72. The summed E-state index contributed by atoms with van der Waals surface area (Å²) in [5, 5.41) is 3.29. The third-order valence-electron chi connectivity index (χ3n) is 8.21. The molecule has 0 amide bonds. The van der Waals surface area contributed by atoms with Crippen molar-refractivity contribution in [3.63, 3.8) is 0 Å². The molecule has 1 aliphatic rings. The molecule has 5 heterocycles. The van der Waals surface area contributed by atoms with Gasteiger partial charge in [0.05, 0.1) is 18.0 Å².